The molecular formula is C12H10ClF3N2. The molecule has 0 spiro atoms. The number of nitrogens with zero attached hydrogens (tertiary/aromatic N) is 1. The van der Waals surface area contributed by atoms with Gasteiger partial charge in [0.2, 0.25) is 0 Å². The molecule has 1 aromatic carbocycles. The molecule has 0 unspecified atom stereocenters. The third-order valence-electron chi connectivity index (χ3n) is 2.73. The molecule has 0 saturated carbocycles. The second-order valence-electron chi connectivity index (χ2n) is 3.87. The molecule has 1 aromatic heterocycles. The predicted molar refractivity (Wildman–Crippen MR) is 66.0 cm³/mol. The molecule has 1 heterocycles. The first-order chi connectivity index (χ1) is 8.34. The van der Waals surface area contributed by atoms with Crippen LogP contribution < -0.4 is 5.32 Å². The summed E-state index contributed by atoms with van der Waals surface area (Å²) in [5.41, 5.74) is 0.259. The third-order valence-corrected chi connectivity index (χ3v) is 3.14. The van der Waals surface area contributed by atoms with Gasteiger partial charge < -0.3 is 5.32 Å². The van der Waals surface area contributed by atoms with Gasteiger partial charge in [-0.1, -0.05) is 11.6 Å². The highest BCUT2D eigenvalue weighted by Crippen LogP contribution is 2.35. The van der Waals surface area contributed by atoms with Crippen LogP contribution in [0.5, 0.6) is 0 Å². The molecule has 0 aliphatic rings. The molecular weight excluding hydrogens is 265 g/mol. The lowest BCUT2D eigenvalue weighted by Gasteiger charge is -2.13. The Balaban J connectivity index is 2.85. The lowest BCUT2D eigenvalue weighted by atomic mass is 10.1. The number of hydrogen-bond acceptors (Lipinski definition) is 2. The average molecular weight is 275 g/mol. The van der Waals surface area contributed by atoms with Gasteiger partial charge in [-0.3, -0.25) is 0 Å². The van der Waals surface area contributed by atoms with E-state index in [1.54, 1.807) is 26.1 Å². The zero-order chi connectivity index (χ0) is 13.5. The minimum atomic E-state index is -4.48. The van der Waals surface area contributed by atoms with Crippen LogP contribution in [0.4, 0.5) is 18.9 Å². The van der Waals surface area contributed by atoms with Gasteiger partial charge in [0, 0.05) is 23.1 Å². The van der Waals surface area contributed by atoms with Gasteiger partial charge >= 0.3 is 6.18 Å². The van der Waals surface area contributed by atoms with Crippen molar-refractivity contribution in [3.05, 3.63) is 34.5 Å². The number of rotatable bonds is 1. The second-order valence-corrected chi connectivity index (χ2v) is 4.28. The molecule has 2 nitrogen and oxygen atoms in total. The Kier molecular flexibility index (Phi) is 3.11. The van der Waals surface area contributed by atoms with E-state index in [0.717, 1.165) is 6.07 Å². The fourth-order valence-electron chi connectivity index (χ4n) is 1.76. The van der Waals surface area contributed by atoms with E-state index in [4.69, 9.17) is 11.6 Å². The van der Waals surface area contributed by atoms with Crippen LogP contribution in [0.15, 0.2) is 18.2 Å². The Hall–Kier alpha value is -1.49. The lowest BCUT2D eigenvalue weighted by Crippen LogP contribution is -2.09. The van der Waals surface area contributed by atoms with Gasteiger partial charge in [0.15, 0.2) is 0 Å². The molecule has 0 atom stereocenters. The van der Waals surface area contributed by atoms with E-state index in [1.165, 1.54) is 0 Å². The van der Waals surface area contributed by atoms with E-state index < -0.39 is 11.9 Å². The molecule has 0 bridgehead atoms. The molecule has 0 radical (unpaired) electrons. The van der Waals surface area contributed by atoms with Gasteiger partial charge in [0.1, 0.15) is 5.69 Å². The number of alkyl halides is 3. The highest BCUT2D eigenvalue weighted by molar-refractivity contribution is 6.32. The normalized spacial score (nSPS) is 11.9. The van der Waals surface area contributed by atoms with Gasteiger partial charge in [-0.05, 0) is 30.7 Å². The Labute approximate surface area is 107 Å². The number of nitrogens with one attached hydrogen (secondary N) is 1. The summed E-state index contributed by atoms with van der Waals surface area (Å²) in [7, 11) is 1.57. The first kappa shape index (κ1) is 13.0. The van der Waals surface area contributed by atoms with Crippen LogP contribution in [-0.2, 0) is 6.18 Å². The molecule has 0 saturated heterocycles. The SMILES string of the molecule is CNc1cc(C(F)(F)F)nc2c(C)c(Cl)ccc12. The summed E-state index contributed by atoms with van der Waals surface area (Å²) in [5.74, 6) is 0. The number of aromatic nitrogens is 1. The van der Waals surface area contributed by atoms with Crippen molar-refractivity contribution in [1.82, 2.24) is 4.98 Å². The molecule has 18 heavy (non-hydrogen) atoms. The maximum atomic E-state index is 12.7. The van der Waals surface area contributed by atoms with Gasteiger partial charge in [-0.2, -0.15) is 13.2 Å². The van der Waals surface area contributed by atoms with Crippen molar-refractivity contribution >= 4 is 28.2 Å². The van der Waals surface area contributed by atoms with E-state index in [-0.39, 0.29) is 5.52 Å². The summed E-state index contributed by atoms with van der Waals surface area (Å²) in [6.45, 7) is 1.65. The van der Waals surface area contributed by atoms with Crippen molar-refractivity contribution in [2.24, 2.45) is 0 Å². The minimum absolute atomic E-state index is 0.265. The zero-order valence-corrected chi connectivity index (χ0v) is 10.4. The van der Waals surface area contributed by atoms with Crippen molar-refractivity contribution in [2.45, 2.75) is 13.1 Å². The largest absolute Gasteiger partial charge is 0.433 e. The van der Waals surface area contributed by atoms with Crippen LogP contribution in [-0.4, -0.2) is 12.0 Å². The molecule has 2 aromatic rings. The van der Waals surface area contributed by atoms with Crippen LogP contribution >= 0.6 is 11.6 Å². The number of fused-ring (bicyclic) bond motifs is 1. The van der Waals surface area contributed by atoms with Crippen molar-refractivity contribution in [3.8, 4) is 0 Å². The van der Waals surface area contributed by atoms with Crippen molar-refractivity contribution in [1.29, 1.82) is 0 Å². The second kappa shape index (κ2) is 4.31. The van der Waals surface area contributed by atoms with Crippen LogP contribution in [0.2, 0.25) is 5.02 Å². The molecule has 0 amide bonds. The first-order valence-electron chi connectivity index (χ1n) is 5.19. The maximum Gasteiger partial charge on any atom is 0.433 e. The highest BCUT2D eigenvalue weighted by atomic mass is 35.5. The van der Waals surface area contributed by atoms with Gasteiger partial charge in [0.25, 0.3) is 0 Å². The fraction of sp³-hybridized carbons (Fsp3) is 0.250. The van der Waals surface area contributed by atoms with E-state index in [9.17, 15) is 13.2 Å². The number of anilines is 1. The van der Waals surface area contributed by atoms with Crippen molar-refractivity contribution in [2.75, 3.05) is 12.4 Å². The van der Waals surface area contributed by atoms with Gasteiger partial charge in [-0.15, -0.1) is 0 Å². The molecule has 0 aliphatic carbocycles. The summed E-state index contributed by atoms with van der Waals surface area (Å²) in [4.78, 5) is 3.67. The molecule has 0 aliphatic heterocycles. The minimum Gasteiger partial charge on any atom is -0.388 e. The summed E-state index contributed by atoms with van der Waals surface area (Å²) in [6, 6.07) is 4.30. The molecule has 6 heteroatoms. The smallest absolute Gasteiger partial charge is 0.388 e. The first-order valence-corrected chi connectivity index (χ1v) is 5.57. The van der Waals surface area contributed by atoms with Crippen LogP contribution in [0.3, 0.4) is 0 Å². The number of pyridine rings is 1. The summed E-state index contributed by atoms with van der Waals surface area (Å²) in [5, 5.41) is 3.76. The Morgan fingerprint density at radius 3 is 2.50 bits per heavy atom. The van der Waals surface area contributed by atoms with Gasteiger partial charge in [0.05, 0.1) is 5.52 Å². The Morgan fingerprint density at radius 2 is 1.94 bits per heavy atom. The Bertz CT molecular complexity index is 608. The summed E-state index contributed by atoms with van der Waals surface area (Å²) >= 11 is 5.91. The van der Waals surface area contributed by atoms with Gasteiger partial charge in [-0.25, -0.2) is 4.98 Å². The van der Waals surface area contributed by atoms with Crippen LogP contribution in [0, 0.1) is 6.92 Å². The quantitative estimate of drug-likeness (QED) is 0.840. The van der Waals surface area contributed by atoms with Crippen LogP contribution in [0.1, 0.15) is 11.3 Å². The predicted octanol–water partition coefficient (Wildman–Crippen LogP) is 4.26. The Morgan fingerprint density at radius 1 is 1.28 bits per heavy atom. The average Bonchev–Trinajstić information content (AvgIpc) is 2.31. The van der Waals surface area contributed by atoms with Crippen molar-refractivity contribution in [3.63, 3.8) is 0 Å². The fourth-order valence-corrected chi connectivity index (χ4v) is 1.91. The summed E-state index contributed by atoms with van der Waals surface area (Å²) < 4.78 is 38.2. The number of aryl methyl sites for hydroxylation is 1. The van der Waals surface area contributed by atoms with Crippen LogP contribution in [0.25, 0.3) is 10.9 Å². The lowest BCUT2D eigenvalue weighted by molar-refractivity contribution is -0.140. The molecule has 1 N–H and O–H groups in total. The van der Waals surface area contributed by atoms with E-state index in [1.807, 2.05) is 0 Å². The number of hydrogen-bond donors (Lipinski definition) is 1. The zero-order valence-electron chi connectivity index (χ0n) is 9.69. The number of benzene rings is 1. The summed E-state index contributed by atoms with van der Waals surface area (Å²) in [6.07, 6.45) is -4.48. The standard InChI is InChI=1S/C12H10ClF3N2/c1-6-8(13)4-3-7-9(17-2)5-10(12(14,15)16)18-11(6)7/h3-5H,1-2H3,(H,17,18). The highest BCUT2D eigenvalue weighted by Gasteiger charge is 2.33. The third kappa shape index (κ3) is 2.10. The molecule has 96 valence electrons. The van der Waals surface area contributed by atoms with E-state index >= 15 is 0 Å². The molecule has 0 fully saturated rings. The van der Waals surface area contributed by atoms with E-state index in [0.29, 0.717) is 21.7 Å². The topological polar surface area (TPSA) is 24.9 Å². The van der Waals surface area contributed by atoms with E-state index in [2.05, 4.69) is 10.3 Å². The molecule has 2 rings (SSSR count). The monoisotopic (exact) mass is 274 g/mol. The maximum absolute atomic E-state index is 12.7. The number of halogens is 4. The van der Waals surface area contributed by atoms with Crippen molar-refractivity contribution < 1.29 is 13.2 Å².